The Bertz CT molecular complexity index is 349. The van der Waals surface area contributed by atoms with Gasteiger partial charge in [-0.1, -0.05) is 6.92 Å². The lowest BCUT2D eigenvalue weighted by molar-refractivity contribution is -0.121. The highest BCUT2D eigenvalue weighted by Gasteiger charge is 2.00. The first-order valence-corrected chi connectivity index (χ1v) is 6.29. The van der Waals surface area contributed by atoms with Crippen LogP contribution in [-0.4, -0.2) is 26.2 Å². The van der Waals surface area contributed by atoms with Gasteiger partial charge in [0, 0.05) is 13.0 Å². The Labute approximate surface area is 108 Å². The summed E-state index contributed by atoms with van der Waals surface area (Å²) in [5.74, 6) is 1.70. The van der Waals surface area contributed by atoms with Crippen molar-refractivity contribution in [2.45, 2.75) is 26.2 Å². The summed E-state index contributed by atoms with van der Waals surface area (Å²) in [5.41, 5.74) is 0. The Morgan fingerprint density at radius 2 is 1.89 bits per heavy atom. The first-order valence-electron chi connectivity index (χ1n) is 6.29. The molecule has 0 saturated carbocycles. The molecule has 0 aliphatic carbocycles. The molecule has 4 nitrogen and oxygen atoms in total. The van der Waals surface area contributed by atoms with Crippen LogP contribution in [0.5, 0.6) is 11.5 Å². The van der Waals surface area contributed by atoms with Crippen LogP contribution in [0.2, 0.25) is 0 Å². The minimum absolute atomic E-state index is 0.0928. The molecule has 0 aromatic heterocycles. The molecule has 0 unspecified atom stereocenters. The Morgan fingerprint density at radius 3 is 2.50 bits per heavy atom. The molecule has 0 atom stereocenters. The van der Waals surface area contributed by atoms with Crippen LogP contribution in [0.15, 0.2) is 24.3 Å². The third kappa shape index (κ3) is 5.57. The van der Waals surface area contributed by atoms with Gasteiger partial charge in [0.1, 0.15) is 11.5 Å². The minimum Gasteiger partial charge on any atom is -0.497 e. The maximum absolute atomic E-state index is 11.3. The fraction of sp³-hybridized carbons (Fsp3) is 0.500. The van der Waals surface area contributed by atoms with Crippen molar-refractivity contribution in [1.82, 2.24) is 5.32 Å². The van der Waals surface area contributed by atoms with Gasteiger partial charge in [0.15, 0.2) is 0 Å². The van der Waals surface area contributed by atoms with E-state index in [1.54, 1.807) is 7.11 Å². The number of hydrogen-bond acceptors (Lipinski definition) is 3. The highest BCUT2D eigenvalue weighted by molar-refractivity contribution is 5.75. The Balaban J connectivity index is 2.15. The van der Waals surface area contributed by atoms with Gasteiger partial charge in [0.05, 0.1) is 13.7 Å². The largest absolute Gasteiger partial charge is 0.497 e. The number of amides is 1. The molecule has 1 rings (SSSR count). The first kappa shape index (κ1) is 14.4. The second-order valence-electron chi connectivity index (χ2n) is 3.98. The zero-order chi connectivity index (χ0) is 13.2. The molecular weight excluding hydrogens is 230 g/mol. The Kier molecular flexibility index (Phi) is 6.69. The van der Waals surface area contributed by atoms with Gasteiger partial charge in [-0.15, -0.1) is 0 Å². The van der Waals surface area contributed by atoms with Crippen molar-refractivity contribution >= 4 is 5.91 Å². The Hall–Kier alpha value is -1.71. The second-order valence-corrected chi connectivity index (χ2v) is 3.98. The molecule has 1 N–H and O–H groups in total. The zero-order valence-electron chi connectivity index (χ0n) is 11.1. The maximum atomic E-state index is 11.3. The van der Waals surface area contributed by atoms with Crippen LogP contribution >= 0.6 is 0 Å². The van der Waals surface area contributed by atoms with E-state index < -0.39 is 0 Å². The molecule has 0 radical (unpaired) electrons. The first-order chi connectivity index (χ1) is 8.76. The van der Waals surface area contributed by atoms with Gasteiger partial charge in [0.25, 0.3) is 0 Å². The van der Waals surface area contributed by atoms with Gasteiger partial charge in [-0.3, -0.25) is 4.79 Å². The van der Waals surface area contributed by atoms with E-state index in [-0.39, 0.29) is 5.91 Å². The standard InChI is InChI=1S/C14H21NO3/c1-3-10-15-14(16)5-4-11-18-13-8-6-12(17-2)7-9-13/h6-9H,3-5,10-11H2,1-2H3,(H,15,16). The van der Waals surface area contributed by atoms with Crippen molar-refractivity contribution < 1.29 is 14.3 Å². The highest BCUT2D eigenvalue weighted by atomic mass is 16.5. The molecule has 100 valence electrons. The number of nitrogens with one attached hydrogen (secondary N) is 1. The fourth-order valence-corrected chi connectivity index (χ4v) is 1.45. The summed E-state index contributed by atoms with van der Waals surface area (Å²) in [6.07, 6.45) is 2.20. The number of rotatable bonds is 8. The van der Waals surface area contributed by atoms with Crippen molar-refractivity contribution in [3.63, 3.8) is 0 Å². The van der Waals surface area contributed by atoms with E-state index in [9.17, 15) is 4.79 Å². The summed E-state index contributed by atoms with van der Waals surface area (Å²) in [4.78, 5) is 11.3. The molecule has 4 heteroatoms. The van der Waals surface area contributed by atoms with Crippen LogP contribution < -0.4 is 14.8 Å². The maximum Gasteiger partial charge on any atom is 0.220 e. The normalized spacial score (nSPS) is 9.89. The topological polar surface area (TPSA) is 47.6 Å². The van der Waals surface area contributed by atoms with Crippen molar-refractivity contribution in [3.8, 4) is 11.5 Å². The summed E-state index contributed by atoms with van der Waals surface area (Å²) in [6, 6.07) is 7.42. The van der Waals surface area contributed by atoms with E-state index in [1.807, 2.05) is 31.2 Å². The van der Waals surface area contributed by atoms with Crippen LogP contribution in [0, 0.1) is 0 Å². The number of hydrogen-bond donors (Lipinski definition) is 1. The predicted molar refractivity (Wildman–Crippen MR) is 71.0 cm³/mol. The van der Waals surface area contributed by atoms with Gasteiger partial charge >= 0.3 is 0 Å². The van der Waals surface area contributed by atoms with Crippen molar-refractivity contribution in [2.24, 2.45) is 0 Å². The summed E-state index contributed by atoms with van der Waals surface area (Å²) in [5, 5.41) is 2.84. The van der Waals surface area contributed by atoms with Crippen molar-refractivity contribution in [1.29, 1.82) is 0 Å². The molecule has 0 aliphatic heterocycles. The molecule has 1 aromatic rings. The van der Waals surface area contributed by atoms with Gasteiger partial charge in [-0.2, -0.15) is 0 Å². The lowest BCUT2D eigenvalue weighted by Gasteiger charge is -2.07. The Morgan fingerprint density at radius 1 is 1.22 bits per heavy atom. The molecule has 1 aromatic carbocycles. The lowest BCUT2D eigenvalue weighted by atomic mass is 10.3. The second kappa shape index (κ2) is 8.39. The van der Waals surface area contributed by atoms with Gasteiger partial charge in [-0.05, 0) is 37.1 Å². The van der Waals surface area contributed by atoms with Crippen LogP contribution in [-0.2, 0) is 4.79 Å². The molecule has 0 bridgehead atoms. The number of ether oxygens (including phenoxy) is 2. The number of benzene rings is 1. The SMILES string of the molecule is CCCNC(=O)CCCOc1ccc(OC)cc1. The molecular formula is C14H21NO3. The van der Waals surface area contributed by atoms with E-state index in [0.29, 0.717) is 13.0 Å². The average molecular weight is 251 g/mol. The summed E-state index contributed by atoms with van der Waals surface area (Å²) in [6.45, 7) is 3.33. The van der Waals surface area contributed by atoms with E-state index in [1.165, 1.54) is 0 Å². The smallest absolute Gasteiger partial charge is 0.220 e. The zero-order valence-corrected chi connectivity index (χ0v) is 11.1. The van der Waals surface area contributed by atoms with Crippen LogP contribution in [0.3, 0.4) is 0 Å². The van der Waals surface area contributed by atoms with E-state index in [0.717, 1.165) is 30.9 Å². The quantitative estimate of drug-likeness (QED) is 0.722. The van der Waals surface area contributed by atoms with Crippen molar-refractivity contribution in [3.05, 3.63) is 24.3 Å². The monoisotopic (exact) mass is 251 g/mol. The fourth-order valence-electron chi connectivity index (χ4n) is 1.45. The summed E-state index contributed by atoms with van der Waals surface area (Å²) in [7, 11) is 1.63. The van der Waals surface area contributed by atoms with Gasteiger partial charge < -0.3 is 14.8 Å². The number of carbonyl (C=O) groups excluding carboxylic acids is 1. The summed E-state index contributed by atoms with van der Waals surface area (Å²) >= 11 is 0. The average Bonchev–Trinajstić information content (AvgIpc) is 2.42. The molecule has 0 saturated heterocycles. The third-order valence-electron chi connectivity index (χ3n) is 2.45. The lowest BCUT2D eigenvalue weighted by Crippen LogP contribution is -2.24. The molecule has 0 fully saturated rings. The molecule has 18 heavy (non-hydrogen) atoms. The van der Waals surface area contributed by atoms with Crippen LogP contribution in [0.1, 0.15) is 26.2 Å². The van der Waals surface area contributed by atoms with Gasteiger partial charge in [-0.25, -0.2) is 0 Å². The predicted octanol–water partition coefficient (Wildman–Crippen LogP) is 2.38. The van der Waals surface area contributed by atoms with E-state index in [2.05, 4.69) is 5.32 Å². The minimum atomic E-state index is 0.0928. The van der Waals surface area contributed by atoms with Crippen LogP contribution in [0.4, 0.5) is 0 Å². The number of methoxy groups -OCH3 is 1. The molecule has 0 heterocycles. The molecule has 1 amide bonds. The van der Waals surface area contributed by atoms with Crippen LogP contribution in [0.25, 0.3) is 0 Å². The molecule has 0 aliphatic rings. The molecule has 0 spiro atoms. The summed E-state index contributed by atoms with van der Waals surface area (Å²) < 4.78 is 10.6. The van der Waals surface area contributed by atoms with E-state index in [4.69, 9.17) is 9.47 Å². The van der Waals surface area contributed by atoms with Gasteiger partial charge in [0.2, 0.25) is 5.91 Å². The van der Waals surface area contributed by atoms with E-state index >= 15 is 0 Å². The number of carbonyl (C=O) groups is 1. The third-order valence-corrected chi connectivity index (χ3v) is 2.45. The highest BCUT2D eigenvalue weighted by Crippen LogP contribution is 2.17. The van der Waals surface area contributed by atoms with Crippen molar-refractivity contribution in [2.75, 3.05) is 20.3 Å².